The Balaban J connectivity index is 2.44. The van der Waals surface area contributed by atoms with Crippen molar-refractivity contribution in [2.45, 2.75) is 25.1 Å². The summed E-state index contributed by atoms with van der Waals surface area (Å²) in [6.45, 7) is 4.12. The van der Waals surface area contributed by atoms with Gasteiger partial charge in [-0.3, -0.25) is 0 Å². The molecule has 0 fully saturated rings. The summed E-state index contributed by atoms with van der Waals surface area (Å²) in [6, 6.07) is 3.17. The van der Waals surface area contributed by atoms with Crippen LogP contribution in [0.15, 0.2) is 34.7 Å². The largest absolute Gasteiger partial charge is 0.455 e. The van der Waals surface area contributed by atoms with E-state index in [-0.39, 0.29) is 0 Å². The Bertz CT molecular complexity index is 872. The molecular formula is C16H9F9N2O. The van der Waals surface area contributed by atoms with Crippen LogP contribution >= 0.6 is 0 Å². The van der Waals surface area contributed by atoms with Crippen LogP contribution in [0.1, 0.15) is 17.1 Å². The van der Waals surface area contributed by atoms with Crippen LogP contribution in [0, 0.1) is 6.57 Å². The first kappa shape index (κ1) is 21.5. The first-order valence-electron chi connectivity index (χ1n) is 7.27. The van der Waals surface area contributed by atoms with Crippen LogP contribution in [0.25, 0.3) is 4.85 Å². The molecule has 3 nitrogen and oxygen atoms in total. The summed E-state index contributed by atoms with van der Waals surface area (Å²) in [6.07, 6.45) is -14.7. The van der Waals surface area contributed by atoms with Gasteiger partial charge in [0.15, 0.2) is 5.69 Å². The van der Waals surface area contributed by atoms with Gasteiger partial charge in [-0.15, -0.1) is 0 Å². The fourth-order valence-electron chi connectivity index (χ4n) is 2.30. The van der Waals surface area contributed by atoms with Gasteiger partial charge >= 0.3 is 18.5 Å². The maximum atomic E-state index is 13.1. The zero-order valence-electron chi connectivity index (χ0n) is 13.5. The van der Waals surface area contributed by atoms with Crippen molar-refractivity contribution >= 4 is 11.4 Å². The quantitative estimate of drug-likeness (QED) is 0.423. The van der Waals surface area contributed by atoms with Crippen LogP contribution in [0.5, 0.6) is 0 Å². The molecule has 0 unspecified atom stereocenters. The minimum Gasteiger partial charge on any atom is -0.455 e. The molecule has 0 atom stereocenters. The van der Waals surface area contributed by atoms with Crippen molar-refractivity contribution in [2.75, 3.05) is 11.4 Å². The molecule has 1 aromatic heterocycles. The number of furan rings is 1. The lowest BCUT2D eigenvalue weighted by Crippen LogP contribution is -2.34. The first-order valence-corrected chi connectivity index (χ1v) is 7.27. The van der Waals surface area contributed by atoms with Crippen molar-refractivity contribution in [1.29, 1.82) is 0 Å². The van der Waals surface area contributed by atoms with Crippen molar-refractivity contribution in [3.63, 3.8) is 0 Å². The third-order valence-corrected chi connectivity index (χ3v) is 3.43. The summed E-state index contributed by atoms with van der Waals surface area (Å²) in [5, 5.41) is 0. The average molecular weight is 416 g/mol. The fourth-order valence-corrected chi connectivity index (χ4v) is 2.30. The standard InChI is InChI=1S/C16H9F9N2O/c1-26-12-4-2-9(6-11(12)15(20,21)22)27(8-14(17,18)19)7-10-3-5-13(28-10)16(23,24)25/h2-6H,7-8H2. The van der Waals surface area contributed by atoms with Crippen molar-refractivity contribution in [2.24, 2.45) is 0 Å². The number of rotatable bonds is 4. The molecule has 0 radical (unpaired) electrons. The molecule has 0 amide bonds. The molecule has 0 spiro atoms. The smallest absolute Gasteiger partial charge is 0.449 e. The van der Waals surface area contributed by atoms with Gasteiger partial charge in [-0.2, -0.15) is 39.5 Å². The lowest BCUT2D eigenvalue weighted by molar-refractivity contribution is -0.153. The zero-order chi connectivity index (χ0) is 21.3. The van der Waals surface area contributed by atoms with Crippen LogP contribution in [0.3, 0.4) is 0 Å². The lowest BCUT2D eigenvalue weighted by Gasteiger charge is -2.26. The highest BCUT2D eigenvalue weighted by atomic mass is 19.4. The molecule has 0 N–H and O–H groups in total. The molecule has 0 aliphatic carbocycles. The van der Waals surface area contributed by atoms with Crippen molar-refractivity contribution in [3.05, 3.63) is 58.8 Å². The van der Waals surface area contributed by atoms with Gasteiger partial charge < -0.3 is 9.32 Å². The average Bonchev–Trinajstić information content (AvgIpc) is 3.00. The van der Waals surface area contributed by atoms with E-state index < -0.39 is 60.1 Å². The Morgan fingerprint density at radius 2 is 1.54 bits per heavy atom. The van der Waals surface area contributed by atoms with E-state index in [0.717, 1.165) is 12.1 Å². The van der Waals surface area contributed by atoms with Crippen molar-refractivity contribution in [3.8, 4) is 0 Å². The van der Waals surface area contributed by atoms with E-state index in [9.17, 15) is 39.5 Å². The van der Waals surface area contributed by atoms with Gasteiger partial charge in [0.2, 0.25) is 5.76 Å². The predicted octanol–water partition coefficient (Wildman–Crippen LogP) is 6.44. The highest BCUT2D eigenvalue weighted by Gasteiger charge is 2.37. The lowest BCUT2D eigenvalue weighted by atomic mass is 10.1. The van der Waals surface area contributed by atoms with E-state index in [2.05, 4.69) is 9.26 Å². The topological polar surface area (TPSA) is 20.7 Å². The molecule has 0 saturated carbocycles. The number of hydrogen-bond acceptors (Lipinski definition) is 2. The zero-order valence-corrected chi connectivity index (χ0v) is 13.5. The maximum Gasteiger partial charge on any atom is 0.449 e. The third-order valence-electron chi connectivity index (χ3n) is 3.43. The second kappa shape index (κ2) is 7.29. The van der Waals surface area contributed by atoms with E-state index >= 15 is 0 Å². The molecule has 2 rings (SSSR count). The van der Waals surface area contributed by atoms with Gasteiger partial charge in [0, 0.05) is 5.69 Å². The molecule has 0 aliphatic heterocycles. The minimum absolute atomic E-state index is 0.340. The Morgan fingerprint density at radius 1 is 0.893 bits per heavy atom. The first-order chi connectivity index (χ1) is 12.7. The third kappa shape index (κ3) is 5.34. The van der Waals surface area contributed by atoms with Crippen LogP contribution < -0.4 is 4.90 Å². The van der Waals surface area contributed by atoms with Gasteiger partial charge in [-0.05, 0) is 24.3 Å². The SMILES string of the molecule is [C-]#[N+]c1ccc(N(Cc2ccc(C(F)(F)F)o2)CC(F)(F)F)cc1C(F)(F)F. The number of nitrogens with zero attached hydrogens (tertiary/aromatic N) is 2. The molecule has 1 heterocycles. The van der Waals surface area contributed by atoms with Crippen LogP contribution in [-0.4, -0.2) is 12.7 Å². The highest BCUT2D eigenvalue weighted by Crippen LogP contribution is 2.39. The van der Waals surface area contributed by atoms with Crippen molar-refractivity contribution < 1.29 is 43.9 Å². The Morgan fingerprint density at radius 3 is 2.00 bits per heavy atom. The summed E-state index contributed by atoms with van der Waals surface area (Å²) in [4.78, 5) is 3.05. The van der Waals surface area contributed by atoms with E-state index in [4.69, 9.17) is 6.57 Å². The normalized spacial score (nSPS) is 12.7. The number of alkyl halides is 9. The summed E-state index contributed by atoms with van der Waals surface area (Å²) >= 11 is 0. The second-order valence-corrected chi connectivity index (χ2v) is 5.55. The molecule has 12 heteroatoms. The van der Waals surface area contributed by atoms with E-state index in [1.165, 1.54) is 0 Å². The number of benzene rings is 1. The molecule has 2 aromatic rings. The molecule has 0 bridgehead atoms. The Labute approximate surface area is 151 Å². The van der Waals surface area contributed by atoms with Crippen LogP contribution in [-0.2, 0) is 18.9 Å². The van der Waals surface area contributed by atoms with Crippen LogP contribution in [0.4, 0.5) is 50.9 Å². The summed E-state index contributed by atoms with van der Waals surface area (Å²) in [7, 11) is 0. The fraction of sp³-hybridized carbons (Fsp3) is 0.312. The van der Waals surface area contributed by atoms with E-state index in [0.29, 0.717) is 23.1 Å². The Hall–Kier alpha value is -2.84. The summed E-state index contributed by atoms with van der Waals surface area (Å²) in [5.41, 5.74) is -2.86. The Kier molecular flexibility index (Phi) is 5.59. The van der Waals surface area contributed by atoms with Gasteiger partial charge in [-0.1, -0.05) is 6.07 Å². The second-order valence-electron chi connectivity index (χ2n) is 5.55. The van der Waals surface area contributed by atoms with E-state index in [1.54, 1.807) is 0 Å². The molecule has 0 aliphatic rings. The molecule has 0 saturated heterocycles. The summed E-state index contributed by atoms with van der Waals surface area (Å²) in [5.74, 6) is -1.98. The molecule has 28 heavy (non-hydrogen) atoms. The van der Waals surface area contributed by atoms with Crippen molar-refractivity contribution in [1.82, 2.24) is 0 Å². The minimum atomic E-state index is -5.01. The molecule has 1 aromatic carbocycles. The molecule has 152 valence electrons. The van der Waals surface area contributed by atoms with Gasteiger partial charge in [0.05, 0.1) is 18.7 Å². The summed E-state index contributed by atoms with van der Waals surface area (Å²) < 4.78 is 120. The number of anilines is 1. The van der Waals surface area contributed by atoms with Gasteiger partial charge in [0.25, 0.3) is 0 Å². The van der Waals surface area contributed by atoms with E-state index in [1.807, 2.05) is 0 Å². The van der Waals surface area contributed by atoms with Gasteiger partial charge in [0.1, 0.15) is 12.3 Å². The molecular weight excluding hydrogens is 407 g/mol. The maximum absolute atomic E-state index is 13.1. The number of hydrogen-bond donors (Lipinski definition) is 0. The monoisotopic (exact) mass is 416 g/mol. The van der Waals surface area contributed by atoms with Crippen LogP contribution in [0.2, 0.25) is 0 Å². The van der Waals surface area contributed by atoms with Gasteiger partial charge in [-0.25, -0.2) is 4.85 Å². The predicted molar refractivity (Wildman–Crippen MR) is 78.5 cm³/mol. The number of halogens is 9. The highest BCUT2D eigenvalue weighted by molar-refractivity contribution is 5.62.